The zero-order chi connectivity index (χ0) is 12.3. The quantitative estimate of drug-likeness (QED) is 0.924. The fourth-order valence-corrected chi connectivity index (χ4v) is 2.39. The van der Waals surface area contributed by atoms with Crippen LogP contribution in [0.15, 0.2) is 24.3 Å². The molecule has 2 heterocycles. The number of nitriles is 1. The Morgan fingerprint density at radius 1 is 1.35 bits per heavy atom. The molecule has 1 unspecified atom stereocenters. The second-order valence-electron chi connectivity index (χ2n) is 3.42. The number of thiophene rings is 1. The number of aromatic nitrogens is 2. The smallest absolute Gasteiger partial charge is 0.163 e. The summed E-state index contributed by atoms with van der Waals surface area (Å²) in [4.78, 5) is 1.13. The molecule has 0 saturated heterocycles. The lowest BCUT2D eigenvalue weighted by atomic mass is 10.3. The SMILES string of the molecule is CC(Nc1ccc(C#N)nn1)c1ccc(Cl)s1. The summed E-state index contributed by atoms with van der Waals surface area (Å²) in [6.45, 7) is 2.02. The van der Waals surface area contributed by atoms with Crippen molar-refractivity contribution >= 4 is 28.8 Å². The molecule has 4 nitrogen and oxygen atoms in total. The molecular weight excluding hydrogens is 256 g/mol. The summed E-state index contributed by atoms with van der Waals surface area (Å²) in [6.07, 6.45) is 0. The lowest BCUT2D eigenvalue weighted by Crippen LogP contribution is -2.07. The van der Waals surface area contributed by atoms with Gasteiger partial charge in [0.1, 0.15) is 11.9 Å². The summed E-state index contributed by atoms with van der Waals surface area (Å²) in [5.74, 6) is 0.640. The summed E-state index contributed by atoms with van der Waals surface area (Å²) in [5.41, 5.74) is 0.308. The summed E-state index contributed by atoms with van der Waals surface area (Å²) < 4.78 is 0.763. The standard InChI is InChI=1S/C11H9ClN4S/c1-7(9-3-4-10(12)17-9)14-11-5-2-8(6-13)15-16-11/h2-5,7H,1H3,(H,14,16). The van der Waals surface area contributed by atoms with Crippen LogP contribution in [0.5, 0.6) is 0 Å². The molecule has 0 aliphatic carbocycles. The second-order valence-corrected chi connectivity index (χ2v) is 5.17. The molecule has 86 valence electrons. The van der Waals surface area contributed by atoms with E-state index in [1.807, 2.05) is 25.1 Å². The van der Waals surface area contributed by atoms with Crippen LogP contribution in [-0.4, -0.2) is 10.2 Å². The van der Waals surface area contributed by atoms with Gasteiger partial charge in [-0.05, 0) is 31.2 Å². The Labute approximate surface area is 108 Å². The molecule has 2 aromatic heterocycles. The molecule has 0 fully saturated rings. The summed E-state index contributed by atoms with van der Waals surface area (Å²) in [6, 6.07) is 9.23. The maximum Gasteiger partial charge on any atom is 0.163 e. The number of anilines is 1. The van der Waals surface area contributed by atoms with Crippen LogP contribution in [0.1, 0.15) is 23.5 Å². The molecule has 6 heteroatoms. The Balaban J connectivity index is 2.08. The van der Waals surface area contributed by atoms with Crippen LogP contribution in [0.4, 0.5) is 5.82 Å². The molecule has 17 heavy (non-hydrogen) atoms. The van der Waals surface area contributed by atoms with Crippen molar-refractivity contribution in [3.8, 4) is 6.07 Å². The van der Waals surface area contributed by atoms with Crippen LogP contribution in [0.2, 0.25) is 4.34 Å². The van der Waals surface area contributed by atoms with E-state index < -0.39 is 0 Å². The van der Waals surface area contributed by atoms with E-state index in [2.05, 4.69) is 15.5 Å². The highest BCUT2D eigenvalue weighted by molar-refractivity contribution is 7.16. The Hall–Kier alpha value is -1.64. The van der Waals surface area contributed by atoms with Crippen molar-refractivity contribution in [3.05, 3.63) is 39.2 Å². The van der Waals surface area contributed by atoms with Crippen molar-refractivity contribution in [1.82, 2.24) is 10.2 Å². The van der Waals surface area contributed by atoms with Crippen LogP contribution in [-0.2, 0) is 0 Å². The Morgan fingerprint density at radius 2 is 2.18 bits per heavy atom. The van der Waals surface area contributed by atoms with Crippen LogP contribution in [0, 0.1) is 11.3 Å². The molecule has 0 saturated carbocycles. The van der Waals surface area contributed by atoms with Gasteiger partial charge in [0.05, 0.1) is 10.4 Å². The van der Waals surface area contributed by atoms with Crippen molar-refractivity contribution in [1.29, 1.82) is 5.26 Å². The highest BCUT2D eigenvalue weighted by Crippen LogP contribution is 2.28. The fraction of sp³-hybridized carbons (Fsp3) is 0.182. The van der Waals surface area contributed by atoms with E-state index in [0.29, 0.717) is 11.5 Å². The number of rotatable bonds is 3. The van der Waals surface area contributed by atoms with Gasteiger partial charge in [-0.15, -0.1) is 21.5 Å². The highest BCUT2D eigenvalue weighted by atomic mass is 35.5. The summed E-state index contributed by atoms with van der Waals surface area (Å²) >= 11 is 7.40. The molecule has 0 radical (unpaired) electrons. The Morgan fingerprint density at radius 3 is 2.71 bits per heavy atom. The fourth-order valence-electron chi connectivity index (χ4n) is 1.32. The average molecular weight is 265 g/mol. The van der Waals surface area contributed by atoms with Gasteiger partial charge in [-0.1, -0.05) is 11.6 Å². The lowest BCUT2D eigenvalue weighted by molar-refractivity contribution is 0.876. The first-order valence-corrected chi connectivity index (χ1v) is 6.14. The third kappa shape index (κ3) is 2.93. The molecule has 0 amide bonds. The molecule has 2 rings (SSSR count). The number of nitrogens with one attached hydrogen (secondary N) is 1. The van der Waals surface area contributed by atoms with Gasteiger partial charge in [-0.25, -0.2) is 0 Å². The zero-order valence-corrected chi connectivity index (χ0v) is 10.6. The monoisotopic (exact) mass is 264 g/mol. The van der Waals surface area contributed by atoms with Crippen molar-refractivity contribution in [2.75, 3.05) is 5.32 Å². The number of nitrogens with zero attached hydrogens (tertiary/aromatic N) is 3. The second kappa shape index (κ2) is 5.13. The summed E-state index contributed by atoms with van der Waals surface area (Å²) in [5, 5.41) is 19.5. The molecule has 1 N–H and O–H groups in total. The third-order valence-corrected chi connectivity index (χ3v) is 3.58. The number of halogens is 1. The van der Waals surface area contributed by atoms with E-state index >= 15 is 0 Å². The van der Waals surface area contributed by atoms with E-state index in [4.69, 9.17) is 16.9 Å². The first kappa shape index (κ1) is 11.8. The molecule has 0 aliphatic rings. The average Bonchev–Trinajstić information content (AvgIpc) is 2.77. The van der Waals surface area contributed by atoms with E-state index in [9.17, 15) is 0 Å². The first-order valence-electron chi connectivity index (χ1n) is 4.94. The normalized spacial score (nSPS) is 11.8. The van der Waals surface area contributed by atoms with Crippen molar-refractivity contribution < 1.29 is 0 Å². The predicted octanol–water partition coefficient (Wildman–Crippen LogP) is 3.24. The van der Waals surface area contributed by atoms with Gasteiger partial charge in [0.2, 0.25) is 0 Å². The van der Waals surface area contributed by atoms with Gasteiger partial charge in [0.25, 0.3) is 0 Å². The minimum Gasteiger partial charge on any atom is -0.361 e. The minimum absolute atomic E-state index is 0.106. The first-order chi connectivity index (χ1) is 8.19. The van der Waals surface area contributed by atoms with E-state index in [0.717, 1.165) is 9.21 Å². The molecule has 2 aromatic rings. The van der Waals surface area contributed by atoms with Gasteiger partial charge in [0.15, 0.2) is 5.69 Å². The van der Waals surface area contributed by atoms with Gasteiger partial charge in [0, 0.05) is 4.88 Å². The largest absolute Gasteiger partial charge is 0.361 e. The van der Waals surface area contributed by atoms with Crippen LogP contribution in [0.3, 0.4) is 0 Å². The predicted molar refractivity (Wildman–Crippen MR) is 68.1 cm³/mol. The van der Waals surface area contributed by atoms with E-state index in [1.54, 1.807) is 12.1 Å². The minimum atomic E-state index is 0.106. The Kier molecular flexibility index (Phi) is 3.57. The summed E-state index contributed by atoms with van der Waals surface area (Å²) in [7, 11) is 0. The molecule has 0 aliphatic heterocycles. The molecule has 1 atom stereocenters. The van der Waals surface area contributed by atoms with Crippen LogP contribution >= 0.6 is 22.9 Å². The van der Waals surface area contributed by atoms with Crippen molar-refractivity contribution in [2.24, 2.45) is 0 Å². The van der Waals surface area contributed by atoms with Gasteiger partial charge in [-0.3, -0.25) is 0 Å². The highest BCUT2D eigenvalue weighted by Gasteiger charge is 2.08. The topological polar surface area (TPSA) is 61.6 Å². The van der Waals surface area contributed by atoms with Crippen LogP contribution in [0.25, 0.3) is 0 Å². The maximum absolute atomic E-state index is 8.61. The van der Waals surface area contributed by atoms with Gasteiger partial charge < -0.3 is 5.32 Å². The lowest BCUT2D eigenvalue weighted by Gasteiger charge is -2.11. The number of hydrogen-bond acceptors (Lipinski definition) is 5. The Bertz CT molecular complexity index is 543. The zero-order valence-electron chi connectivity index (χ0n) is 9.01. The van der Waals surface area contributed by atoms with E-state index in [-0.39, 0.29) is 6.04 Å². The third-order valence-electron chi connectivity index (χ3n) is 2.16. The van der Waals surface area contributed by atoms with Crippen LogP contribution < -0.4 is 5.32 Å². The van der Waals surface area contributed by atoms with Crippen molar-refractivity contribution in [2.45, 2.75) is 13.0 Å². The molecular formula is C11H9ClN4S. The van der Waals surface area contributed by atoms with Gasteiger partial charge in [-0.2, -0.15) is 5.26 Å². The van der Waals surface area contributed by atoms with E-state index in [1.165, 1.54) is 11.3 Å². The van der Waals surface area contributed by atoms with Gasteiger partial charge >= 0.3 is 0 Å². The molecule has 0 bridgehead atoms. The number of hydrogen-bond donors (Lipinski definition) is 1. The molecule has 0 spiro atoms. The maximum atomic E-state index is 8.61. The molecule has 0 aromatic carbocycles. The van der Waals surface area contributed by atoms with Crippen molar-refractivity contribution in [3.63, 3.8) is 0 Å².